The van der Waals surface area contributed by atoms with Gasteiger partial charge in [0, 0.05) is 7.05 Å². The number of primary amides is 1. The minimum atomic E-state index is -0.683. The van der Waals surface area contributed by atoms with E-state index in [0.717, 1.165) is 0 Å². The summed E-state index contributed by atoms with van der Waals surface area (Å²) in [5.74, 6) is -0.934. The van der Waals surface area contributed by atoms with Gasteiger partial charge in [0.1, 0.15) is 11.7 Å². The summed E-state index contributed by atoms with van der Waals surface area (Å²) in [7, 11) is 1.69. The molecule has 1 unspecified atom stereocenters. The van der Waals surface area contributed by atoms with Crippen molar-refractivity contribution in [3.63, 3.8) is 0 Å². The summed E-state index contributed by atoms with van der Waals surface area (Å²) in [6.07, 6.45) is 2.92. The minimum Gasteiger partial charge on any atom is -0.368 e. The first-order valence-corrected chi connectivity index (χ1v) is 4.09. The Bertz CT molecular complexity index is 358. The van der Waals surface area contributed by atoms with Gasteiger partial charge in [-0.05, 0) is 6.92 Å². The number of nitrogens with zero attached hydrogens (tertiary/aromatic N) is 2. The number of carbonyl (C=O) groups is 2. The Hall–Kier alpha value is -1.85. The van der Waals surface area contributed by atoms with E-state index in [1.165, 1.54) is 19.4 Å². The van der Waals surface area contributed by atoms with Gasteiger partial charge in [0.2, 0.25) is 5.91 Å². The van der Waals surface area contributed by atoms with Gasteiger partial charge in [0.15, 0.2) is 0 Å². The van der Waals surface area contributed by atoms with Crippen LogP contribution in [0.5, 0.6) is 0 Å². The van der Waals surface area contributed by atoms with Gasteiger partial charge in [-0.1, -0.05) is 0 Å². The summed E-state index contributed by atoms with van der Waals surface area (Å²) in [6.45, 7) is 1.52. The molecule has 0 bridgehead atoms. The number of rotatable bonds is 3. The van der Waals surface area contributed by atoms with Crippen LogP contribution in [0.25, 0.3) is 0 Å². The molecule has 0 radical (unpaired) electrons. The molecule has 3 N–H and O–H groups in total. The maximum absolute atomic E-state index is 11.5. The first kappa shape index (κ1) is 10.2. The molecule has 1 aromatic rings. The molecule has 2 amide bonds. The Morgan fingerprint density at radius 3 is 2.71 bits per heavy atom. The molecular formula is C8H12N4O2. The van der Waals surface area contributed by atoms with Crippen molar-refractivity contribution < 1.29 is 9.59 Å². The summed E-state index contributed by atoms with van der Waals surface area (Å²) in [4.78, 5) is 25.9. The lowest BCUT2D eigenvalue weighted by Crippen LogP contribution is -2.42. The molecule has 6 nitrogen and oxygen atoms in total. The summed E-state index contributed by atoms with van der Waals surface area (Å²) in [5.41, 5.74) is 5.39. The van der Waals surface area contributed by atoms with Gasteiger partial charge in [-0.15, -0.1) is 0 Å². The Balaban J connectivity index is 2.69. The van der Waals surface area contributed by atoms with Crippen molar-refractivity contribution in [1.82, 2.24) is 14.9 Å². The van der Waals surface area contributed by atoms with Gasteiger partial charge in [-0.25, -0.2) is 4.98 Å². The topological polar surface area (TPSA) is 90.0 Å². The third-order valence-corrected chi connectivity index (χ3v) is 1.82. The highest BCUT2D eigenvalue weighted by atomic mass is 16.2. The Morgan fingerprint density at radius 2 is 2.29 bits per heavy atom. The van der Waals surface area contributed by atoms with Crippen molar-refractivity contribution in [2.75, 3.05) is 0 Å². The minimum absolute atomic E-state index is 0.365. The van der Waals surface area contributed by atoms with Crippen LogP contribution in [-0.2, 0) is 11.8 Å². The molecule has 1 atom stereocenters. The molecule has 1 rings (SSSR count). The van der Waals surface area contributed by atoms with Crippen LogP contribution in [0.3, 0.4) is 0 Å². The van der Waals surface area contributed by atoms with Crippen molar-refractivity contribution in [3.05, 3.63) is 18.2 Å². The molecule has 0 spiro atoms. The second-order valence-corrected chi connectivity index (χ2v) is 2.99. The number of carbonyl (C=O) groups excluding carboxylic acids is 2. The number of nitrogens with two attached hydrogens (primary N) is 1. The van der Waals surface area contributed by atoms with Gasteiger partial charge in [-0.2, -0.15) is 0 Å². The molecule has 1 heterocycles. The van der Waals surface area contributed by atoms with Crippen LogP contribution < -0.4 is 11.1 Å². The molecule has 76 valence electrons. The molecule has 1 aromatic heterocycles. The highest BCUT2D eigenvalue weighted by Crippen LogP contribution is 1.96. The predicted molar refractivity (Wildman–Crippen MR) is 49.3 cm³/mol. The molecule has 0 saturated carbocycles. The van der Waals surface area contributed by atoms with Gasteiger partial charge < -0.3 is 15.6 Å². The molecule has 0 aromatic carbocycles. The number of aryl methyl sites for hydroxylation is 1. The van der Waals surface area contributed by atoms with E-state index in [4.69, 9.17) is 5.73 Å². The van der Waals surface area contributed by atoms with Crippen LogP contribution in [0.15, 0.2) is 12.5 Å². The van der Waals surface area contributed by atoms with Crippen LogP contribution in [0.4, 0.5) is 0 Å². The average molecular weight is 196 g/mol. The quantitative estimate of drug-likeness (QED) is 0.651. The number of hydrogen-bond acceptors (Lipinski definition) is 3. The highest BCUT2D eigenvalue weighted by molar-refractivity contribution is 5.95. The zero-order chi connectivity index (χ0) is 10.7. The van der Waals surface area contributed by atoms with E-state index in [-0.39, 0.29) is 5.91 Å². The molecule has 6 heteroatoms. The Kier molecular flexibility index (Phi) is 2.85. The molecule has 0 aliphatic heterocycles. The maximum Gasteiger partial charge on any atom is 0.270 e. The van der Waals surface area contributed by atoms with E-state index in [1.807, 2.05) is 0 Å². The van der Waals surface area contributed by atoms with Gasteiger partial charge >= 0.3 is 0 Å². The third-order valence-electron chi connectivity index (χ3n) is 1.82. The average Bonchev–Trinajstić information content (AvgIpc) is 2.51. The van der Waals surface area contributed by atoms with E-state index < -0.39 is 11.9 Å². The van der Waals surface area contributed by atoms with Crippen molar-refractivity contribution in [3.8, 4) is 0 Å². The number of nitrogens with one attached hydrogen (secondary N) is 1. The lowest BCUT2D eigenvalue weighted by atomic mass is 10.3. The lowest BCUT2D eigenvalue weighted by molar-refractivity contribution is -0.119. The van der Waals surface area contributed by atoms with Crippen LogP contribution in [0.1, 0.15) is 17.4 Å². The fourth-order valence-electron chi connectivity index (χ4n) is 0.918. The fourth-order valence-corrected chi connectivity index (χ4v) is 0.918. The molecule has 0 fully saturated rings. The van der Waals surface area contributed by atoms with Crippen LogP contribution >= 0.6 is 0 Å². The number of hydrogen-bond donors (Lipinski definition) is 2. The van der Waals surface area contributed by atoms with Gasteiger partial charge in [0.25, 0.3) is 5.91 Å². The van der Waals surface area contributed by atoms with Crippen LogP contribution in [0, 0.1) is 0 Å². The maximum atomic E-state index is 11.5. The fraction of sp³-hybridized carbons (Fsp3) is 0.375. The second-order valence-electron chi connectivity index (χ2n) is 2.99. The van der Waals surface area contributed by atoms with E-state index in [1.54, 1.807) is 11.6 Å². The monoisotopic (exact) mass is 196 g/mol. The predicted octanol–water partition coefficient (Wildman–Crippen LogP) is -0.976. The van der Waals surface area contributed by atoms with Gasteiger partial charge in [-0.3, -0.25) is 9.59 Å². The summed E-state index contributed by atoms with van der Waals surface area (Å²) in [6, 6.07) is -0.683. The van der Waals surface area contributed by atoms with Crippen molar-refractivity contribution >= 4 is 11.8 Å². The standard InChI is InChI=1S/C8H12N4O2/c1-5(7(9)13)11-8(14)6-3-10-4-12(6)2/h3-5H,1-2H3,(H2,9,13)(H,11,14). The molecule has 0 aliphatic rings. The molecule has 0 saturated heterocycles. The highest BCUT2D eigenvalue weighted by Gasteiger charge is 2.15. The lowest BCUT2D eigenvalue weighted by Gasteiger charge is -2.09. The number of aromatic nitrogens is 2. The Morgan fingerprint density at radius 1 is 1.64 bits per heavy atom. The van der Waals surface area contributed by atoms with E-state index >= 15 is 0 Å². The van der Waals surface area contributed by atoms with E-state index in [9.17, 15) is 9.59 Å². The van der Waals surface area contributed by atoms with Crippen molar-refractivity contribution in [2.45, 2.75) is 13.0 Å². The Labute approximate surface area is 81.1 Å². The normalized spacial score (nSPS) is 12.1. The largest absolute Gasteiger partial charge is 0.368 e. The summed E-state index contributed by atoms with van der Waals surface area (Å²) in [5, 5.41) is 2.45. The third kappa shape index (κ3) is 2.09. The van der Waals surface area contributed by atoms with Crippen molar-refractivity contribution in [1.29, 1.82) is 0 Å². The summed E-state index contributed by atoms with van der Waals surface area (Å²) >= 11 is 0. The molecule has 0 aliphatic carbocycles. The summed E-state index contributed by atoms with van der Waals surface area (Å²) < 4.78 is 1.56. The van der Waals surface area contributed by atoms with E-state index in [2.05, 4.69) is 10.3 Å². The van der Waals surface area contributed by atoms with Crippen LogP contribution in [0.2, 0.25) is 0 Å². The second kappa shape index (κ2) is 3.91. The molecule has 14 heavy (non-hydrogen) atoms. The van der Waals surface area contributed by atoms with Crippen molar-refractivity contribution in [2.24, 2.45) is 12.8 Å². The van der Waals surface area contributed by atoms with E-state index in [0.29, 0.717) is 5.69 Å². The number of imidazole rings is 1. The van der Waals surface area contributed by atoms with Crippen LogP contribution in [-0.4, -0.2) is 27.4 Å². The number of amides is 2. The first-order valence-electron chi connectivity index (χ1n) is 4.09. The SMILES string of the molecule is CC(NC(=O)c1cncn1C)C(N)=O. The zero-order valence-electron chi connectivity index (χ0n) is 8.02. The smallest absolute Gasteiger partial charge is 0.270 e. The zero-order valence-corrected chi connectivity index (χ0v) is 8.02. The first-order chi connectivity index (χ1) is 6.52. The van der Waals surface area contributed by atoms with Gasteiger partial charge in [0.05, 0.1) is 12.5 Å². The molecular weight excluding hydrogens is 184 g/mol.